The monoisotopic (exact) mass is 414 g/mol. The topological polar surface area (TPSA) is 91.4 Å². The molecule has 3 aliphatic heterocycles. The number of rotatable bonds is 5. The number of methoxy groups -OCH3 is 2. The second kappa shape index (κ2) is 7.89. The van der Waals surface area contributed by atoms with E-state index in [9.17, 15) is 14.4 Å². The van der Waals surface area contributed by atoms with E-state index < -0.39 is 6.04 Å². The van der Waals surface area contributed by atoms with E-state index >= 15 is 0 Å². The van der Waals surface area contributed by atoms with Gasteiger partial charge in [0.25, 0.3) is 5.91 Å². The van der Waals surface area contributed by atoms with Crippen LogP contribution in [0.25, 0.3) is 0 Å². The number of likely N-dealkylation sites (tertiary alicyclic amines) is 1. The first-order valence-electron chi connectivity index (χ1n) is 10.0. The summed E-state index contributed by atoms with van der Waals surface area (Å²) in [6.45, 7) is 1.70. The lowest BCUT2D eigenvalue weighted by atomic mass is 9.94. The third kappa shape index (κ3) is 3.24. The van der Waals surface area contributed by atoms with E-state index in [0.29, 0.717) is 28.3 Å². The van der Waals surface area contributed by atoms with E-state index in [1.807, 2.05) is 0 Å². The Kier molecular flexibility index (Phi) is 5.27. The summed E-state index contributed by atoms with van der Waals surface area (Å²) in [5, 5.41) is 2.89. The molecule has 0 aliphatic carbocycles. The molecule has 0 bridgehead atoms. The number of nitrogens with zero attached hydrogens (tertiary/aromatic N) is 3. The largest absolute Gasteiger partial charge is 0.493 e. The van der Waals surface area contributed by atoms with Gasteiger partial charge in [0.15, 0.2) is 11.5 Å². The Morgan fingerprint density at radius 2 is 1.90 bits per heavy atom. The Morgan fingerprint density at radius 1 is 1.17 bits per heavy atom. The Bertz CT molecular complexity index is 922. The van der Waals surface area contributed by atoms with Gasteiger partial charge in [-0.25, -0.2) is 4.79 Å². The lowest BCUT2D eigenvalue weighted by Crippen LogP contribution is -2.45. The highest BCUT2D eigenvalue weighted by molar-refractivity contribution is 6.03. The molecule has 160 valence electrons. The second-order valence-corrected chi connectivity index (χ2v) is 7.63. The van der Waals surface area contributed by atoms with Crippen molar-refractivity contribution in [2.75, 3.05) is 47.4 Å². The van der Waals surface area contributed by atoms with Gasteiger partial charge < -0.3 is 24.6 Å². The summed E-state index contributed by atoms with van der Waals surface area (Å²) in [5.41, 5.74) is 1.69. The van der Waals surface area contributed by atoms with Gasteiger partial charge in [-0.05, 0) is 18.9 Å². The average molecular weight is 414 g/mol. The van der Waals surface area contributed by atoms with Crippen LogP contribution in [-0.4, -0.2) is 80.0 Å². The number of hydrogen-bond acceptors (Lipinski definition) is 5. The van der Waals surface area contributed by atoms with Crippen molar-refractivity contribution in [2.45, 2.75) is 18.9 Å². The first-order chi connectivity index (χ1) is 14.5. The van der Waals surface area contributed by atoms with Crippen LogP contribution in [0.3, 0.4) is 0 Å². The molecule has 3 aliphatic rings. The van der Waals surface area contributed by atoms with E-state index in [-0.39, 0.29) is 30.9 Å². The minimum absolute atomic E-state index is 0.00975. The average Bonchev–Trinajstić information content (AvgIpc) is 3.39. The molecule has 4 rings (SSSR count). The standard InChI is InChI=1S/C21H26N4O5/c1-23-14-11-25(12-16(26)24-9-4-5-10-24)20(27)17(14)18(22-21(23)28)13-7-6-8-15(29-2)19(13)30-3/h6-8,18H,4-5,9-12H2,1-3H3,(H,22,28). The van der Waals surface area contributed by atoms with Gasteiger partial charge in [0, 0.05) is 25.7 Å². The maximum Gasteiger partial charge on any atom is 0.322 e. The molecule has 1 aromatic carbocycles. The van der Waals surface area contributed by atoms with Crippen molar-refractivity contribution < 1.29 is 23.9 Å². The van der Waals surface area contributed by atoms with Crippen LogP contribution in [0.5, 0.6) is 11.5 Å². The van der Waals surface area contributed by atoms with E-state index in [4.69, 9.17) is 9.47 Å². The molecule has 1 N–H and O–H groups in total. The van der Waals surface area contributed by atoms with Crippen molar-refractivity contribution in [1.29, 1.82) is 0 Å². The van der Waals surface area contributed by atoms with Gasteiger partial charge in [-0.15, -0.1) is 0 Å². The van der Waals surface area contributed by atoms with Gasteiger partial charge in [0.1, 0.15) is 6.54 Å². The molecule has 1 fully saturated rings. The highest BCUT2D eigenvalue weighted by Crippen LogP contribution is 2.42. The van der Waals surface area contributed by atoms with Crippen LogP contribution in [0.15, 0.2) is 29.5 Å². The van der Waals surface area contributed by atoms with E-state index in [0.717, 1.165) is 25.9 Å². The fourth-order valence-electron chi connectivity index (χ4n) is 4.35. The molecular weight excluding hydrogens is 388 g/mol. The fourth-order valence-corrected chi connectivity index (χ4v) is 4.35. The molecule has 9 heteroatoms. The van der Waals surface area contributed by atoms with Crippen LogP contribution >= 0.6 is 0 Å². The summed E-state index contributed by atoms with van der Waals surface area (Å²) in [7, 11) is 4.68. The minimum atomic E-state index is -0.687. The highest BCUT2D eigenvalue weighted by Gasteiger charge is 2.44. The quantitative estimate of drug-likeness (QED) is 0.780. The van der Waals surface area contributed by atoms with E-state index in [2.05, 4.69) is 5.32 Å². The summed E-state index contributed by atoms with van der Waals surface area (Å²) in [6, 6.07) is 4.34. The van der Waals surface area contributed by atoms with Gasteiger partial charge in [-0.2, -0.15) is 0 Å². The first kappa shape index (κ1) is 20.1. The van der Waals surface area contributed by atoms with Crippen LogP contribution in [0.4, 0.5) is 4.79 Å². The van der Waals surface area contributed by atoms with E-state index in [1.165, 1.54) is 24.0 Å². The third-order valence-corrected chi connectivity index (χ3v) is 5.96. The number of carbonyl (C=O) groups is 3. The molecule has 9 nitrogen and oxygen atoms in total. The molecule has 30 heavy (non-hydrogen) atoms. The zero-order valence-electron chi connectivity index (χ0n) is 17.4. The second-order valence-electron chi connectivity index (χ2n) is 7.63. The van der Waals surface area contributed by atoms with E-state index in [1.54, 1.807) is 30.1 Å². The van der Waals surface area contributed by atoms with Crippen LogP contribution < -0.4 is 14.8 Å². The van der Waals surface area contributed by atoms with Crippen molar-refractivity contribution in [2.24, 2.45) is 0 Å². The Labute approximate surface area is 175 Å². The van der Waals surface area contributed by atoms with Gasteiger partial charge in [-0.3, -0.25) is 14.5 Å². The third-order valence-electron chi connectivity index (χ3n) is 5.96. The molecule has 4 amide bonds. The molecule has 0 aromatic heterocycles. The lowest BCUT2D eigenvalue weighted by Gasteiger charge is -2.31. The first-order valence-corrected chi connectivity index (χ1v) is 10.0. The number of urea groups is 1. The van der Waals surface area contributed by atoms with Crippen molar-refractivity contribution in [3.8, 4) is 11.5 Å². The SMILES string of the molecule is COc1cccc(C2NC(=O)N(C)C3=C2C(=O)N(CC(=O)N2CCCC2)C3)c1OC. The van der Waals surface area contributed by atoms with Crippen LogP contribution in [-0.2, 0) is 9.59 Å². The summed E-state index contributed by atoms with van der Waals surface area (Å²) in [6.07, 6.45) is 1.99. The van der Waals surface area contributed by atoms with Crippen molar-refractivity contribution in [3.05, 3.63) is 35.0 Å². The molecule has 1 unspecified atom stereocenters. The Morgan fingerprint density at radius 3 is 2.57 bits per heavy atom. The van der Waals surface area contributed by atoms with Gasteiger partial charge in [0.05, 0.1) is 38.1 Å². The molecule has 3 heterocycles. The maximum atomic E-state index is 13.3. The molecule has 1 aromatic rings. The zero-order chi connectivity index (χ0) is 21.4. The number of ether oxygens (including phenoxy) is 2. The highest BCUT2D eigenvalue weighted by atomic mass is 16.5. The predicted molar refractivity (Wildman–Crippen MR) is 108 cm³/mol. The predicted octanol–water partition coefficient (Wildman–Crippen LogP) is 1.12. The number of likely N-dealkylation sites (N-methyl/N-ethyl adjacent to an activating group) is 1. The molecule has 0 saturated carbocycles. The molecule has 0 radical (unpaired) electrons. The number of benzene rings is 1. The van der Waals surface area contributed by atoms with Gasteiger partial charge in [0.2, 0.25) is 5.91 Å². The lowest BCUT2D eigenvalue weighted by molar-refractivity contribution is -0.137. The van der Waals surface area contributed by atoms with Gasteiger partial charge >= 0.3 is 6.03 Å². The summed E-state index contributed by atoms with van der Waals surface area (Å²) in [4.78, 5) is 43.3. The molecule has 0 spiro atoms. The summed E-state index contributed by atoms with van der Waals surface area (Å²) >= 11 is 0. The normalized spacial score (nSPS) is 21.2. The van der Waals surface area contributed by atoms with Crippen molar-refractivity contribution >= 4 is 17.8 Å². The summed E-state index contributed by atoms with van der Waals surface area (Å²) < 4.78 is 10.9. The Balaban J connectivity index is 1.67. The fraction of sp³-hybridized carbons (Fsp3) is 0.476. The van der Waals surface area contributed by atoms with Gasteiger partial charge in [-0.1, -0.05) is 12.1 Å². The molecular formula is C21H26N4O5. The van der Waals surface area contributed by atoms with Crippen molar-refractivity contribution in [3.63, 3.8) is 0 Å². The van der Waals surface area contributed by atoms with Crippen molar-refractivity contribution in [1.82, 2.24) is 20.0 Å². The number of amides is 4. The molecule has 1 saturated heterocycles. The number of carbonyl (C=O) groups excluding carboxylic acids is 3. The summed E-state index contributed by atoms with van der Waals surface area (Å²) in [5.74, 6) is 0.662. The number of para-hydroxylation sites is 1. The molecule has 1 atom stereocenters. The maximum absolute atomic E-state index is 13.3. The van der Waals surface area contributed by atoms with Crippen LogP contribution in [0.1, 0.15) is 24.4 Å². The Hall–Kier alpha value is -3.23. The number of hydrogen-bond donors (Lipinski definition) is 1. The minimum Gasteiger partial charge on any atom is -0.493 e. The van der Waals surface area contributed by atoms with Crippen LogP contribution in [0.2, 0.25) is 0 Å². The number of nitrogens with one attached hydrogen (secondary N) is 1. The van der Waals surface area contributed by atoms with Crippen LogP contribution in [0, 0.1) is 0 Å². The smallest absolute Gasteiger partial charge is 0.322 e. The zero-order valence-corrected chi connectivity index (χ0v) is 17.4.